The van der Waals surface area contributed by atoms with Crippen LogP contribution in [0.25, 0.3) is 6.08 Å². The summed E-state index contributed by atoms with van der Waals surface area (Å²) in [4.78, 5) is 43.4. The van der Waals surface area contributed by atoms with Crippen LogP contribution in [0.5, 0.6) is 11.5 Å². The van der Waals surface area contributed by atoms with Crippen LogP contribution >= 0.6 is 11.3 Å². The summed E-state index contributed by atoms with van der Waals surface area (Å²) in [6, 6.07) is 20.2. The molecule has 4 aromatic rings. The first-order valence-electron chi connectivity index (χ1n) is 13.2. The third-order valence-corrected chi connectivity index (χ3v) is 7.73. The van der Waals surface area contributed by atoms with Crippen molar-refractivity contribution >= 4 is 29.4 Å². The Balaban J connectivity index is 1.57. The van der Waals surface area contributed by atoms with E-state index in [1.807, 2.05) is 36.4 Å². The van der Waals surface area contributed by atoms with Crippen molar-refractivity contribution in [2.45, 2.75) is 26.5 Å². The average Bonchev–Trinajstić information content (AvgIpc) is 3.30. The van der Waals surface area contributed by atoms with Gasteiger partial charge in [0.15, 0.2) is 4.80 Å². The summed E-state index contributed by atoms with van der Waals surface area (Å²) < 4.78 is 19.0. The fourth-order valence-corrected chi connectivity index (χ4v) is 5.79. The van der Waals surface area contributed by atoms with Gasteiger partial charge in [-0.05, 0) is 49.8 Å². The van der Waals surface area contributed by atoms with Gasteiger partial charge < -0.3 is 19.3 Å². The first kappa shape index (κ1) is 28.6. The number of esters is 1. The van der Waals surface area contributed by atoms with E-state index in [2.05, 4.69) is 4.99 Å². The second-order valence-electron chi connectivity index (χ2n) is 9.37. The minimum atomic E-state index is -0.994. The molecular formula is C32H28N2O7S. The lowest BCUT2D eigenvalue weighted by Crippen LogP contribution is -2.40. The summed E-state index contributed by atoms with van der Waals surface area (Å²) in [6.45, 7) is 3.85. The molecule has 10 heteroatoms. The van der Waals surface area contributed by atoms with Crippen LogP contribution in [-0.2, 0) is 16.1 Å². The molecule has 9 nitrogen and oxygen atoms in total. The van der Waals surface area contributed by atoms with Crippen molar-refractivity contribution in [2.75, 3.05) is 13.7 Å². The number of rotatable bonds is 9. The Labute approximate surface area is 245 Å². The van der Waals surface area contributed by atoms with Crippen LogP contribution in [0.3, 0.4) is 0 Å². The lowest BCUT2D eigenvalue weighted by Gasteiger charge is -2.25. The standard InChI is InChI=1S/C32H28N2O7S/c1-4-40-31(38)27-19(2)33-32-34(28(27)23-10-6-8-12-25(23)39-3)29(35)26(42-32)17-22-9-5-7-11-24(22)41-18-20-13-15-21(16-14-20)30(36)37/h5-17,28H,4,18H2,1-3H3,(H,36,37)/b26-17-/t28-/m0/s1. The van der Waals surface area contributed by atoms with Crippen LogP contribution in [0.2, 0.25) is 0 Å². The Bertz CT molecular complexity index is 1870. The minimum Gasteiger partial charge on any atom is -0.496 e. The highest BCUT2D eigenvalue weighted by Crippen LogP contribution is 2.35. The molecule has 0 amide bonds. The van der Waals surface area contributed by atoms with Crippen LogP contribution in [0, 0.1) is 0 Å². The maximum Gasteiger partial charge on any atom is 0.338 e. The average molecular weight is 585 g/mol. The second-order valence-corrected chi connectivity index (χ2v) is 10.4. The number of thiazole rings is 1. The number of carbonyl (C=O) groups excluding carboxylic acids is 1. The molecule has 0 saturated carbocycles. The summed E-state index contributed by atoms with van der Waals surface area (Å²) in [7, 11) is 1.54. The van der Waals surface area contributed by atoms with E-state index in [0.717, 1.165) is 5.56 Å². The molecule has 214 valence electrons. The number of carbonyl (C=O) groups is 2. The van der Waals surface area contributed by atoms with Gasteiger partial charge in [0, 0.05) is 11.1 Å². The third-order valence-electron chi connectivity index (χ3n) is 6.75. The molecule has 0 aliphatic carbocycles. The zero-order valence-corrected chi connectivity index (χ0v) is 24.0. The molecule has 2 heterocycles. The van der Waals surface area contributed by atoms with E-state index in [9.17, 15) is 14.4 Å². The smallest absolute Gasteiger partial charge is 0.338 e. The van der Waals surface area contributed by atoms with E-state index in [4.69, 9.17) is 19.3 Å². The van der Waals surface area contributed by atoms with Gasteiger partial charge in [-0.1, -0.05) is 59.9 Å². The molecule has 1 aliphatic heterocycles. The number of benzene rings is 3. The molecule has 5 rings (SSSR count). The first-order chi connectivity index (χ1) is 20.3. The summed E-state index contributed by atoms with van der Waals surface area (Å²) in [5.74, 6) is -0.454. The molecule has 1 aliphatic rings. The Kier molecular flexibility index (Phi) is 8.35. The molecule has 0 fully saturated rings. The van der Waals surface area contributed by atoms with Gasteiger partial charge in [-0.2, -0.15) is 0 Å². The highest BCUT2D eigenvalue weighted by Gasteiger charge is 2.35. The number of carboxylic acids is 1. The van der Waals surface area contributed by atoms with Crippen molar-refractivity contribution in [3.05, 3.63) is 126 Å². The Morgan fingerprint density at radius 3 is 2.40 bits per heavy atom. The Hall–Kier alpha value is -4.96. The number of methoxy groups -OCH3 is 1. The minimum absolute atomic E-state index is 0.180. The van der Waals surface area contributed by atoms with Gasteiger partial charge in [-0.25, -0.2) is 14.6 Å². The number of ether oxygens (including phenoxy) is 3. The number of hydrogen-bond acceptors (Lipinski definition) is 8. The zero-order chi connectivity index (χ0) is 29.8. The van der Waals surface area contributed by atoms with Crippen LogP contribution < -0.4 is 24.4 Å². The van der Waals surface area contributed by atoms with Gasteiger partial charge in [0.25, 0.3) is 5.56 Å². The van der Waals surface area contributed by atoms with Crippen molar-refractivity contribution in [3.8, 4) is 11.5 Å². The van der Waals surface area contributed by atoms with E-state index in [0.29, 0.717) is 37.7 Å². The maximum atomic E-state index is 14.0. The van der Waals surface area contributed by atoms with Gasteiger partial charge >= 0.3 is 11.9 Å². The number of fused-ring (bicyclic) bond motifs is 1. The molecule has 0 bridgehead atoms. The highest BCUT2D eigenvalue weighted by molar-refractivity contribution is 7.07. The number of aromatic nitrogens is 1. The van der Waals surface area contributed by atoms with E-state index in [1.54, 1.807) is 51.3 Å². The van der Waals surface area contributed by atoms with Gasteiger partial charge in [0.05, 0.1) is 35.1 Å². The number of hydrogen-bond donors (Lipinski definition) is 1. The number of para-hydroxylation sites is 2. The van der Waals surface area contributed by atoms with Crippen molar-refractivity contribution in [1.82, 2.24) is 4.57 Å². The number of aromatic carboxylic acids is 1. The van der Waals surface area contributed by atoms with Crippen LogP contribution in [0.1, 0.15) is 46.9 Å². The van der Waals surface area contributed by atoms with Gasteiger partial charge in [-0.3, -0.25) is 9.36 Å². The maximum absolute atomic E-state index is 14.0. The fourth-order valence-electron chi connectivity index (χ4n) is 4.76. The van der Waals surface area contributed by atoms with E-state index in [1.165, 1.54) is 28.0 Å². The summed E-state index contributed by atoms with van der Waals surface area (Å²) >= 11 is 1.22. The Morgan fingerprint density at radius 2 is 1.71 bits per heavy atom. The number of nitrogens with zero attached hydrogens (tertiary/aromatic N) is 2. The summed E-state index contributed by atoms with van der Waals surface area (Å²) in [5.41, 5.74) is 2.74. The molecule has 0 radical (unpaired) electrons. The van der Waals surface area contributed by atoms with Gasteiger partial charge in [0.2, 0.25) is 0 Å². The molecule has 0 saturated heterocycles. The Morgan fingerprint density at radius 1 is 1.02 bits per heavy atom. The fraction of sp³-hybridized carbons (Fsp3) is 0.188. The molecule has 0 spiro atoms. The quantitative estimate of drug-likeness (QED) is 0.295. The largest absolute Gasteiger partial charge is 0.496 e. The van der Waals surface area contributed by atoms with Crippen LogP contribution in [0.4, 0.5) is 0 Å². The molecule has 1 aromatic heterocycles. The summed E-state index contributed by atoms with van der Waals surface area (Å²) in [6.07, 6.45) is 1.75. The van der Waals surface area contributed by atoms with Crippen molar-refractivity contribution in [3.63, 3.8) is 0 Å². The van der Waals surface area contributed by atoms with Gasteiger partial charge in [0.1, 0.15) is 24.1 Å². The van der Waals surface area contributed by atoms with Gasteiger partial charge in [-0.15, -0.1) is 0 Å². The number of carboxylic acid groups (broad SMARTS) is 1. The predicted molar refractivity (Wildman–Crippen MR) is 158 cm³/mol. The monoisotopic (exact) mass is 584 g/mol. The second kappa shape index (κ2) is 12.3. The SMILES string of the molecule is CCOC(=O)C1=C(C)N=c2s/c(=C\c3ccccc3OCc3ccc(C(=O)O)cc3)c(=O)n2[C@H]1c1ccccc1OC. The third kappa shape index (κ3) is 5.61. The van der Waals surface area contributed by atoms with Crippen molar-refractivity contribution in [1.29, 1.82) is 0 Å². The first-order valence-corrected chi connectivity index (χ1v) is 14.0. The molecule has 0 unspecified atom stereocenters. The van der Waals surface area contributed by atoms with Crippen molar-refractivity contribution in [2.24, 2.45) is 4.99 Å². The molecule has 3 aromatic carbocycles. The number of allylic oxidation sites excluding steroid dienone is 1. The lowest BCUT2D eigenvalue weighted by molar-refractivity contribution is -0.139. The van der Waals surface area contributed by atoms with Crippen LogP contribution in [0.15, 0.2) is 93.9 Å². The van der Waals surface area contributed by atoms with E-state index < -0.39 is 18.0 Å². The molecule has 1 atom stereocenters. The topological polar surface area (TPSA) is 116 Å². The zero-order valence-electron chi connectivity index (χ0n) is 23.2. The summed E-state index contributed by atoms with van der Waals surface area (Å²) in [5, 5.41) is 9.13. The molecular weight excluding hydrogens is 556 g/mol. The molecule has 1 N–H and O–H groups in total. The van der Waals surface area contributed by atoms with E-state index in [-0.39, 0.29) is 29.9 Å². The molecule has 42 heavy (non-hydrogen) atoms. The van der Waals surface area contributed by atoms with E-state index >= 15 is 0 Å². The van der Waals surface area contributed by atoms with Crippen molar-refractivity contribution < 1.29 is 28.9 Å². The lowest BCUT2D eigenvalue weighted by atomic mass is 9.95. The van der Waals surface area contributed by atoms with Crippen LogP contribution in [-0.4, -0.2) is 35.3 Å². The normalized spacial score (nSPS) is 14.6. The predicted octanol–water partition coefficient (Wildman–Crippen LogP) is 4.08. The highest BCUT2D eigenvalue weighted by atomic mass is 32.1.